The predicted molar refractivity (Wildman–Crippen MR) is 74.4 cm³/mol. The molecule has 1 fully saturated rings. The summed E-state index contributed by atoms with van der Waals surface area (Å²) in [4.78, 5) is 14.1. The van der Waals surface area contributed by atoms with Crippen molar-refractivity contribution in [3.05, 3.63) is 24.3 Å². The van der Waals surface area contributed by atoms with E-state index in [-0.39, 0.29) is 6.03 Å². The Morgan fingerprint density at radius 3 is 2.61 bits per heavy atom. The number of nitrogen functional groups attached to an aromatic ring is 1. The molecule has 98 valence electrons. The number of likely N-dealkylation sites (tertiary alicyclic amines) is 1. The quantitative estimate of drug-likeness (QED) is 0.750. The molecule has 1 aromatic rings. The topological polar surface area (TPSA) is 58.4 Å². The summed E-state index contributed by atoms with van der Waals surface area (Å²) < 4.78 is 0. The molecule has 1 aromatic carbocycles. The Labute approximate surface area is 108 Å². The fourth-order valence-electron chi connectivity index (χ4n) is 2.33. The van der Waals surface area contributed by atoms with E-state index in [1.807, 2.05) is 17.0 Å². The monoisotopic (exact) mass is 247 g/mol. The molecule has 1 saturated heterocycles. The van der Waals surface area contributed by atoms with Gasteiger partial charge >= 0.3 is 6.03 Å². The van der Waals surface area contributed by atoms with Crippen molar-refractivity contribution in [1.82, 2.24) is 4.90 Å². The molecule has 0 radical (unpaired) electrons. The first-order valence-electron chi connectivity index (χ1n) is 6.49. The standard InChI is InChI=1S/C14H21N3O/c1-10-3-4-11(2)17(9-10)14(18)16-13-7-5-12(15)6-8-13/h5-8,10-11H,3-4,9,15H2,1-2H3,(H,16,18). The average molecular weight is 247 g/mol. The number of nitrogens with two attached hydrogens (primary N) is 1. The third kappa shape index (κ3) is 2.94. The Morgan fingerprint density at radius 1 is 1.28 bits per heavy atom. The molecule has 0 aliphatic carbocycles. The summed E-state index contributed by atoms with van der Waals surface area (Å²) in [6.45, 7) is 5.13. The van der Waals surface area contributed by atoms with E-state index < -0.39 is 0 Å². The minimum absolute atomic E-state index is 0.0150. The van der Waals surface area contributed by atoms with Crippen LogP contribution in [-0.4, -0.2) is 23.5 Å². The lowest BCUT2D eigenvalue weighted by Crippen LogP contribution is -2.46. The number of benzene rings is 1. The number of nitrogens with zero attached hydrogens (tertiary/aromatic N) is 1. The summed E-state index contributed by atoms with van der Waals surface area (Å²) in [6.07, 6.45) is 2.28. The highest BCUT2D eigenvalue weighted by Crippen LogP contribution is 2.22. The van der Waals surface area contributed by atoms with Crippen LogP contribution >= 0.6 is 0 Å². The Kier molecular flexibility index (Phi) is 3.75. The Balaban J connectivity index is 2.00. The van der Waals surface area contributed by atoms with Crippen molar-refractivity contribution >= 4 is 17.4 Å². The summed E-state index contributed by atoms with van der Waals surface area (Å²) in [5.74, 6) is 0.582. The maximum atomic E-state index is 12.2. The molecule has 2 atom stereocenters. The van der Waals surface area contributed by atoms with Crippen molar-refractivity contribution in [2.45, 2.75) is 32.7 Å². The van der Waals surface area contributed by atoms with Crippen LogP contribution in [0.4, 0.5) is 16.2 Å². The first-order chi connectivity index (χ1) is 8.56. The summed E-state index contributed by atoms with van der Waals surface area (Å²) in [5.41, 5.74) is 7.11. The molecule has 0 bridgehead atoms. The normalized spacial score (nSPS) is 23.8. The van der Waals surface area contributed by atoms with Crippen LogP contribution in [0.25, 0.3) is 0 Å². The van der Waals surface area contributed by atoms with Gasteiger partial charge in [-0.05, 0) is 49.9 Å². The number of nitrogens with one attached hydrogen (secondary N) is 1. The molecule has 0 spiro atoms. The number of hydrogen-bond acceptors (Lipinski definition) is 2. The lowest BCUT2D eigenvalue weighted by Gasteiger charge is -2.36. The summed E-state index contributed by atoms with van der Waals surface area (Å²) in [7, 11) is 0. The Hall–Kier alpha value is -1.71. The molecule has 0 aromatic heterocycles. The molecule has 1 aliphatic rings. The molecular weight excluding hydrogens is 226 g/mol. The number of urea groups is 1. The number of piperidine rings is 1. The van der Waals surface area contributed by atoms with Crippen LogP contribution in [-0.2, 0) is 0 Å². The molecule has 4 heteroatoms. The SMILES string of the molecule is CC1CCC(C)N(C(=O)Nc2ccc(N)cc2)C1. The zero-order valence-corrected chi connectivity index (χ0v) is 11.0. The van der Waals surface area contributed by atoms with Crippen molar-refractivity contribution in [2.75, 3.05) is 17.6 Å². The lowest BCUT2D eigenvalue weighted by atomic mass is 9.95. The maximum absolute atomic E-state index is 12.2. The minimum atomic E-state index is -0.0150. The first-order valence-corrected chi connectivity index (χ1v) is 6.49. The Bertz CT molecular complexity index is 416. The van der Waals surface area contributed by atoms with Crippen LogP contribution in [0, 0.1) is 5.92 Å². The van der Waals surface area contributed by atoms with Crippen LogP contribution in [0.5, 0.6) is 0 Å². The van der Waals surface area contributed by atoms with Gasteiger partial charge in [0.05, 0.1) is 0 Å². The van der Waals surface area contributed by atoms with Crippen LogP contribution in [0.1, 0.15) is 26.7 Å². The fourth-order valence-corrected chi connectivity index (χ4v) is 2.33. The second-order valence-corrected chi connectivity index (χ2v) is 5.24. The smallest absolute Gasteiger partial charge is 0.322 e. The average Bonchev–Trinajstić information content (AvgIpc) is 2.35. The molecule has 1 aliphatic heterocycles. The van der Waals surface area contributed by atoms with E-state index >= 15 is 0 Å². The number of hydrogen-bond donors (Lipinski definition) is 2. The molecule has 3 N–H and O–H groups in total. The number of rotatable bonds is 1. The van der Waals surface area contributed by atoms with E-state index in [2.05, 4.69) is 19.2 Å². The van der Waals surface area contributed by atoms with Gasteiger partial charge in [-0.1, -0.05) is 6.92 Å². The second kappa shape index (κ2) is 5.29. The van der Waals surface area contributed by atoms with E-state index in [9.17, 15) is 4.79 Å². The summed E-state index contributed by atoms with van der Waals surface area (Å²) in [6, 6.07) is 7.53. The van der Waals surface area contributed by atoms with E-state index in [1.54, 1.807) is 12.1 Å². The van der Waals surface area contributed by atoms with Gasteiger partial charge in [-0.3, -0.25) is 0 Å². The van der Waals surface area contributed by atoms with Crippen LogP contribution < -0.4 is 11.1 Å². The largest absolute Gasteiger partial charge is 0.399 e. The summed E-state index contributed by atoms with van der Waals surface area (Å²) in [5, 5.41) is 2.92. The van der Waals surface area contributed by atoms with Gasteiger partial charge in [0.2, 0.25) is 0 Å². The highest BCUT2D eigenvalue weighted by Gasteiger charge is 2.26. The summed E-state index contributed by atoms with van der Waals surface area (Å²) >= 11 is 0. The minimum Gasteiger partial charge on any atom is -0.399 e. The van der Waals surface area contributed by atoms with Crippen molar-refractivity contribution in [2.24, 2.45) is 5.92 Å². The van der Waals surface area contributed by atoms with Gasteiger partial charge in [0.15, 0.2) is 0 Å². The van der Waals surface area contributed by atoms with E-state index in [4.69, 9.17) is 5.73 Å². The van der Waals surface area contributed by atoms with Crippen molar-refractivity contribution in [3.8, 4) is 0 Å². The van der Waals surface area contributed by atoms with E-state index in [0.29, 0.717) is 17.6 Å². The number of carbonyl (C=O) groups excluding carboxylic acids is 1. The van der Waals surface area contributed by atoms with Crippen molar-refractivity contribution in [1.29, 1.82) is 0 Å². The molecule has 1 heterocycles. The number of amides is 2. The zero-order chi connectivity index (χ0) is 13.1. The fraction of sp³-hybridized carbons (Fsp3) is 0.500. The number of carbonyl (C=O) groups is 1. The van der Waals surface area contributed by atoms with Gasteiger partial charge in [0, 0.05) is 24.0 Å². The third-order valence-electron chi connectivity index (χ3n) is 3.54. The van der Waals surface area contributed by atoms with Crippen molar-refractivity contribution in [3.63, 3.8) is 0 Å². The predicted octanol–water partition coefficient (Wildman–Crippen LogP) is 2.92. The number of anilines is 2. The van der Waals surface area contributed by atoms with E-state index in [0.717, 1.165) is 18.7 Å². The molecule has 2 rings (SSSR count). The third-order valence-corrected chi connectivity index (χ3v) is 3.54. The highest BCUT2D eigenvalue weighted by atomic mass is 16.2. The van der Waals surface area contributed by atoms with Gasteiger partial charge in [-0.15, -0.1) is 0 Å². The van der Waals surface area contributed by atoms with Gasteiger partial charge in [0.1, 0.15) is 0 Å². The molecule has 4 nitrogen and oxygen atoms in total. The zero-order valence-electron chi connectivity index (χ0n) is 11.0. The van der Waals surface area contributed by atoms with Crippen LogP contribution in [0.15, 0.2) is 24.3 Å². The van der Waals surface area contributed by atoms with Crippen LogP contribution in [0.3, 0.4) is 0 Å². The molecule has 2 unspecified atom stereocenters. The Morgan fingerprint density at radius 2 is 1.94 bits per heavy atom. The van der Waals surface area contributed by atoms with Gasteiger partial charge in [0.25, 0.3) is 0 Å². The highest BCUT2D eigenvalue weighted by molar-refractivity contribution is 5.89. The van der Waals surface area contributed by atoms with Gasteiger partial charge in [-0.25, -0.2) is 4.79 Å². The maximum Gasteiger partial charge on any atom is 0.322 e. The van der Waals surface area contributed by atoms with Crippen LogP contribution in [0.2, 0.25) is 0 Å². The molecular formula is C14H21N3O. The van der Waals surface area contributed by atoms with Crippen molar-refractivity contribution < 1.29 is 4.79 Å². The van der Waals surface area contributed by atoms with Gasteiger partial charge in [-0.2, -0.15) is 0 Å². The van der Waals surface area contributed by atoms with Gasteiger partial charge < -0.3 is 16.0 Å². The first kappa shape index (κ1) is 12.7. The second-order valence-electron chi connectivity index (χ2n) is 5.24. The molecule has 0 saturated carbocycles. The van der Waals surface area contributed by atoms with E-state index in [1.165, 1.54) is 6.42 Å². The molecule has 2 amide bonds. The molecule has 18 heavy (non-hydrogen) atoms. The lowest BCUT2D eigenvalue weighted by molar-refractivity contribution is 0.147.